The molecule has 0 saturated carbocycles. The van der Waals surface area contributed by atoms with Crippen molar-refractivity contribution in [3.05, 3.63) is 51.7 Å². The van der Waals surface area contributed by atoms with E-state index in [0.29, 0.717) is 0 Å². The Labute approximate surface area is 101 Å². The van der Waals surface area contributed by atoms with Gasteiger partial charge in [-0.25, -0.2) is 0 Å². The zero-order chi connectivity index (χ0) is 13.1. The first kappa shape index (κ1) is 13.3. The minimum atomic E-state index is -1.47. The first-order valence-corrected chi connectivity index (χ1v) is 8.86. The lowest BCUT2D eigenvalue weighted by molar-refractivity contribution is -0.385. The molecule has 0 unspecified atom stereocenters. The van der Waals surface area contributed by atoms with Crippen LogP contribution in [0.2, 0.25) is 19.6 Å². The van der Waals surface area contributed by atoms with Gasteiger partial charge in [0.2, 0.25) is 0 Å². The van der Waals surface area contributed by atoms with Crippen LogP contribution in [0.4, 0.5) is 5.69 Å². The van der Waals surface area contributed by atoms with E-state index in [9.17, 15) is 14.9 Å². The number of para-hydroxylation sites is 1. The van der Waals surface area contributed by atoms with Crippen molar-refractivity contribution in [1.29, 1.82) is 0 Å². The summed E-state index contributed by atoms with van der Waals surface area (Å²) in [6.45, 7) is 6.28. The van der Waals surface area contributed by atoms with E-state index >= 15 is 0 Å². The van der Waals surface area contributed by atoms with Crippen LogP contribution in [0.3, 0.4) is 0 Å². The molecule has 0 atom stereocenters. The summed E-state index contributed by atoms with van der Waals surface area (Å²) in [5.41, 5.74) is 1.89. The van der Waals surface area contributed by atoms with Crippen LogP contribution in [0.1, 0.15) is 10.4 Å². The Morgan fingerprint density at radius 3 is 2.41 bits per heavy atom. The Balaban J connectivity index is 3.05. The molecule has 0 spiro atoms. The molecule has 0 aromatic heterocycles. The summed E-state index contributed by atoms with van der Waals surface area (Å²) in [4.78, 5) is 22.1. The zero-order valence-electron chi connectivity index (χ0n) is 10.1. The lowest BCUT2D eigenvalue weighted by Crippen LogP contribution is -2.16. The molecule has 1 rings (SSSR count). The van der Waals surface area contributed by atoms with Crippen LogP contribution in [0, 0.1) is 10.1 Å². The average molecular weight is 249 g/mol. The summed E-state index contributed by atoms with van der Waals surface area (Å²) in [7, 11) is -1.47. The minimum Gasteiger partial charge on any atom is -0.289 e. The highest BCUT2D eigenvalue weighted by Crippen LogP contribution is 2.18. The molecule has 0 fully saturated rings. The van der Waals surface area contributed by atoms with Gasteiger partial charge in [-0.3, -0.25) is 14.9 Å². The Kier molecular flexibility index (Phi) is 3.96. The molecule has 1 aromatic rings. The van der Waals surface area contributed by atoms with Gasteiger partial charge in [-0.15, -0.1) is 0 Å². The van der Waals surface area contributed by atoms with Crippen LogP contribution in [0.15, 0.2) is 36.0 Å². The van der Waals surface area contributed by atoms with Gasteiger partial charge in [-0.2, -0.15) is 0 Å². The van der Waals surface area contributed by atoms with Crippen molar-refractivity contribution in [3.8, 4) is 0 Å². The van der Waals surface area contributed by atoms with Crippen molar-refractivity contribution in [2.75, 3.05) is 0 Å². The van der Waals surface area contributed by atoms with Gasteiger partial charge in [0.25, 0.3) is 5.69 Å². The zero-order valence-corrected chi connectivity index (χ0v) is 11.1. The predicted molar refractivity (Wildman–Crippen MR) is 69.9 cm³/mol. The number of benzene rings is 1. The van der Waals surface area contributed by atoms with E-state index < -0.39 is 13.0 Å². The largest absolute Gasteiger partial charge is 0.289 e. The lowest BCUT2D eigenvalue weighted by atomic mass is 10.1. The molecule has 5 heteroatoms. The fourth-order valence-electron chi connectivity index (χ4n) is 1.26. The van der Waals surface area contributed by atoms with E-state index in [-0.39, 0.29) is 17.0 Å². The summed E-state index contributed by atoms with van der Waals surface area (Å²) in [5, 5.41) is 10.8. The van der Waals surface area contributed by atoms with E-state index in [1.807, 2.05) is 5.70 Å². The molecule has 0 amide bonds. The fraction of sp³-hybridized carbons (Fsp3) is 0.250. The molecule has 0 aliphatic heterocycles. The van der Waals surface area contributed by atoms with Crippen molar-refractivity contribution in [2.24, 2.45) is 0 Å². The molecular formula is C12H15NO3Si. The highest BCUT2D eigenvalue weighted by molar-refractivity contribution is 6.81. The van der Waals surface area contributed by atoms with Crippen molar-refractivity contribution in [3.63, 3.8) is 0 Å². The molecular weight excluding hydrogens is 234 g/mol. The lowest BCUT2D eigenvalue weighted by Gasteiger charge is -2.07. The maximum atomic E-state index is 11.8. The third-order valence-corrected chi connectivity index (χ3v) is 3.27. The number of hydrogen-bond donors (Lipinski definition) is 0. The number of carbonyl (C=O) groups is 1. The van der Waals surface area contributed by atoms with Gasteiger partial charge in [-0.1, -0.05) is 37.5 Å². The minimum absolute atomic E-state index is 0.141. The standard InChI is InChI=1S/C12H15NO3Si/c1-17(2,3)9-8-12(14)10-6-4-5-7-11(10)13(15)16/h4-9H,1-3H3. The Bertz CT molecular complexity index is 475. The fourth-order valence-corrected chi connectivity index (χ4v) is 1.91. The van der Waals surface area contributed by atoms with Gasteiger partial charge < -0.3 is 0 Å². The normalized spacial score (nSPS) is 11.7. The van der Waals surface area contributed by atoms with E-state index in [1.54, 1.807) is 12.1 Å². The van der Waals surface area contributed by atoms with Gasteiger partial charge in [0.15, 0.2) is 5.78 Å². The van der Waals surface area contributed by atoms with Crippen molar-refractivity contribution in [2.45, 2.75) is 19.6 Å². The molecule has 0 radical (unpaired) electrons. The number of nitrogens with zero attached hydrogens (tertiary/aromatic N) is 1. The summed E-state index contributed by atoms with van der Waals surface area (Å²) in [5.74, 6) is -0.306. The second-order valence-corrected chi connectivity index (χ2v) is 9.90. The maximum absolute atomic E-state index is 11.8. The second kappa shape index (κ2) is 5.05. The Morgan fingerprint density at radius 2 is 1.88 bits per heavy atom. The molecule has 4 nitrogen and oxygen atoms in total. The van der Waals surface area contributed by atoms with Gasteiger partial charge in [0, 0.05) is 6.07 Å². The maximum Gasteiger partial charge on any atom is 0.280 e. The highest BCUT2D eigenvalue weighted by Gasteiger charge is 2.17. The van der Waals surface area contributed by atoms with Crippen LogP contribution in [0.25, 0.3) is 0 Å². The molecule has 0 heterocycles. The predicted octanol–water partition coefficient (Wildman–Crippen LogP) is 3.21. The van der Waals surface area contributed by atoms with Crippen LogP contribution in [-0.4, -0.2) is 18.8 Å². The van der Waals surface area contributed by atoms with Crippen molar-refractivity contribution >= 4 is 19.5 Å². The van der Waals surface area contributed by atoms with E-state index in [0.717, 1.165) is 0 Å². The second-order valence-electron chi connectivity index (χ2n) is 4.84. The van der Waals surface area contributed by atoms with E-state index in [2.05, 4.69) is 19.6 Å². The molecule has 90 valence electrons. The number of ketones is 1. The molecule has 0 bridgehead atoms. The molecule has 0 aliphatic carbocycles. The Hall–Kier alpha value is -1.75. The molecule has 1 aromatic carbocycles. The number of rotatable bonds is 4. The van der Waals surface area contributed by atoms with Gasteiger partial charge in [-0.05, 0) is 12.1 Å². The highest BCUT2D eigenvalue weighted by atomic mass is 28.3. The van der Waals surface area contributed by atoms with Crippen molar-refractivity contribution in [1.82, 2.24) is 0 Å². The number of nitro groups is 1. The summed E-state index contributed by atoms with van der Waals surface area (Å²) in [6.07, 6.45) is 1.45. The van der Waals surface area contributed by atoms with Crippen molar-refractivity contribution < 1.29 is 9.72 Å². The van der Waals surface area contributed by atoms with Crippen LogP contribution < -0.4 is 0 Å². The quantitative estimate of drug-likeness (QED) is 0.271. The monoisotopic (exact) mass is 249 g/mol. The first-order chi connectivity index (χ1) is 7.81. The van der Waals surface area contributed by atoms with Crippen LogP contribution in [-0.2, 0) is 0 Å². The third-order valence-electron chi connectivity index (χ3n) is 2.10. The number of nitro benzene ring substituents is 1. The molecule has 0 saturated heterocycles. The smallest absolute Gasteiger partial charge is 0.280 e. The van der Waals surface area contributed by atoms with Gasteiger partial charge in [0.05, 0.1) is 18.6 Å². The molecule has 0 aliphatic rings. The Morgan fingerprint density at radius 1 is 1.29 bits per heavy atom. The van der Waals surface area contributed by atoms with E-state index in [1.165, 1.54) is 18.2 Å². The van der Waals surface area contributed by atoms with Crippen LogP contribution >= 0.6 is 0 Å². The average Bonchev–Trinajstić information content (AvgIpc) is 2.25. The molecule has 17 heavy (non-hydrogen) atoms. The summed E-state index contributed by atoms with van der Waals surface area (Å²) in [6, 6.07) is 6.00. The number of carbonyl (C=O) groups excluding carboxylic acids is 1. The first-order valence-electron chi connectivity index (χ1n) is 5.28. The SMILES string of the molecule is C[Si](C)(C)C=CC(=O)c1ccccc1[N+](=O)[O-]. The number of allylic oxidation sites excluding steroid dienone is 1. The van der Waals surface area contributed by atoms with Crippen LogP contribution in [0.5, 0.6) is 0 Å². The van der Waals surface area contributed by atoms with Gasteiger partial charge >= 0.3 is 0 Å². The number of hydrogen-bond acceptors (Lipinski definition) is 3. The van der Waals surface area contributed by atoms with Gasteiger partial charge in [0.1, 0.15) is 0 Å². The topological polar surface area (TPSA) is 60.2 Å². The third kappa shape index (κ3) is 3.95. The molecule has 0 N–H and O–H groups in total. The summed E-state index contributed by atoms with van der Waals surface area (Å²) < 4.78 is 0. The van der Waals surface area contributed by atoms with E-state index in [4.69, 9.17) is 0 Å². The summed E-state index contributed by atoms with van der Waals surface area (Å²) >= 11 is 0.